The zero-order valence-electron chi connectivity index (χ0n) is 10.9. The molecule has 1 aromatic carbocycles. The molecule has 0 heterocycles. The van der Waals surface area contributed by atoms with E-state index in [1.54, 1.807) is 10.4 Å². The molecule has 1 rings (SSSR count). The van der Waals surface area contributed by atoms with Gasteiger partial charge in [-0.25, -0.2) is 0 Å². The fraction of sp³-hybridized carbons (Fsp3) is 0.500. The highest BCUT2D eigenvalue weighted by molar-refractivity contribution is 14.1. The molecule has 0 atom stereocenters. The van der Waals surface area contributed by atoms with E-state index >= 15 is 0 Å². The molecule has 0 bridgehead atoms. The summed E-state index contributed by atoms with van der Waals surface area (Å²) in [6.45, 7) is 14.6. The van der Waals surface area contributed by atoms with Crippen LogP contribution in [0.4, 0.5) is 0 Å². The average Bonchev–Trinajstić information content (AvgIpc) is 2.05. The Balaban J connectivity index is 3.41. The van der Waals surface area contributed by atoms with Crippen molar-refractivity contribution in [2.75, 3.05) is 0 Å². The van der Waals surface area contributed by atoms with Gasteiger partial charge in [0.1, 0.15) is 0 Å². The molecule has 0 spiro atoms. The summed E-state index contributed by atoms with van der Waals surface area (Å²) >= 11 is 5.09. The fourth-order valence-corrected chi connectivity index (χ4v) is 10.7. The van der Waals surface area contributed by atoms with Crippen LogP contribution < -0.4 is 10.4 Å². The van der Waals surface area contributed by atoms with Gasteiger partial charge in [0, 0.05) is 7.14 Å². The molecule has 0 unspecified atom stereocenters. The number of halogens is 2. The summed E-state index contributed by atoms with van der Waals surface area (Å²) in [6.07, 6.45) is 0. The van der Waals surface area contributed by atoms with Crippen molar-refractivity contribution in [1.29, 1.82) is 0 Å². The van der Waals surface area contributed by atoms with Crippen molar-refractivity contribution in [2.24, 2.45) is 0 Å². The van der Waals surface area contributed by atoms with Gasteiger partial charge in [0.05, 0.1) is 16.1 Å². The number of hydrogen-bond donors (Lipinski definition) is 0. The van der Waals surface area contributed by atoms with E-state index in [2.05, 4.69) is 96.6 Å². The van der Waals surface area contributed by atoms with E-state index in [1.165, 1.54) is 7.14 Å². The van der Waals surface area contributed by atoms with Gasteiger partial charge in [0.15, 0.2) is 0 Å². The second kappa shape index (κ2) is 5.01. The van der Waals surface area contributed by atoms with Crippen LogP contribution in [-0.2, 0) is 0 Å². The van der Waals surface area contributed by atoms with Gasteiger partial charge in [-0.05, 0) is 55.6 Å². The zero-order valence-corrected chi connectivity index (χ0v) is 17.2. The summed E-state index contributed by atoms with van der Waals surface area (Å²) in [6, 6.07) is 4.79. The fourth-order valence-electron chi connectivity index (χ4n) is 1.71. The molecule has 16 heavy (non-hydrogen) atoms. The molecule has 0 aromatic heterocycles. The Morgan fingerprint density at radius 3 is 1.12 bits per heavy atom. The highest BCUT2D eigenvalue weighted by Crippen LogP contribution is 2.18. The van der Waals surface area contributed by atoms with Crippen LogP contribution in [0, 0.1) is 7.14 Å². The molecule has 0 radical (unpaired) electrons. The van der Waals surface area contributed by atoms with Crippen molar-refractivity contribution in [3.8, 4) is 0 Å². The van der Waals surface area contributed by atoms with E-state index < -0.39 is 16.1 Å². The van der Waals surface area contributed by atoms with Crippen molar-refractivity contribution >= 4 is 71.7 Å². The van der Waals surface area contributed by atoms with Crippen LogP contribution in [0.15, 0.2) is 12.1 Å². The molecule has 4 heteroatoms. The Hall–Kier alpha value is 1.11. The second-order valence-corrected chi connectivity index (χ2v) is 18.5. The van der Waals surface area contributed by atoms with Crippen molar-refractivity contribution in [3.05, 3.63) is 19.3 Å². The highest BCUT2D eigenvalue weighted by Gasteiger charge is 2.26. The maximum Gasteiger partial charge on any atom is 0.0790 e. The predicted molar refractivity (Wildman–Crippen MR) is 97.8 cm³/mol. The second-order valence-electron chi connectivity index (χ2n) is 6.29. The van der Waals surface area contributed by atoms with Crippen LogP contribution in [0.3, 0.4) is 0 Å². The third kappa shape index (κ3) is 3.32. The molecule has 90 valence electrons. The summed E-state index contributed by atoms with van der Waals surface area (Å²) in [4.78, 5) is 0. The lowest BCUT2D eigenvalue weighted by Gasteiger charge is -2.25. The van der Waals surface area contributed by atoms with Crippen LogP contribution in [0.2, 0.25) is 39.3 Å². The Labute approximate surface area is 129 Å². The van der Waals surface area contributed by atoms with E-state index in [1.807, 2.05) is 0 Å². The summed E-state index contributed by atoms with van der Waals surface area (Å²) in [5, 5.41) is 3.22. The minimum Gasteiger partial charge on any atom is -0.0656 e. The summed E-state index contributed by atoms with van der Waals surface area (Å²) in [5.74, 6) is 0. The molecule has 1 aromatic rings. The Kier molecular flexibility index (Phi) is 4.75. The van der Waals surface area contributed by atoms with E-state index in [0.717, 1.165) is 0 Å². The SMILES string of the molecule is C[Si](C)(C)c1ccc([Si](C)(C)C)c(I)c1I. The number of hydrogen-bond acceptors (Lipinski definition) is 0. The van der Waals surface area contributed by atoms with E-state index in [9.17, 15) is 0 Å². The van der Waals surface area contributed by atoms with Crippen LogP contribution >= 0.6 is 45.2 Å². The van der Waals surface area contributed by atoms with E-state index in [4.69, 9.17) is 0 Å². The van der Waals surface area contributed by atoms with Gasteiger partial charge in [-0.1, -0.05) is 51.4 Å². The maximum atomic E-state index is 2.55. The first-order chi connectivity index (χ1) is 7.05. The largest absolute Gasteiger partial charge is 0.0790 e. The smallest absolute Gasteiger partial charge is 0.0656 e. The average molecular weight is 474 g/mol. The van der Waals surface area contributed by atoms with Gasteiger partial charge < -0.3 is 0 Å². The number of rotatable bonds is 2. The van der Waals surface area contributed by atoms with Crippen LogP contribution in [0.5, 0.6) is 0 Å². The van der Waals surface area contributed by atoms with Crippen molar-refractivity contribution in [3.63, 3.8) is 0 Å². The topological polar surface area (TPSA) is 0 Å². The lowest BCUT2D eigenvalue weighted by Crippen LogP contribution is -2.46. The van der Waals surface area contributed by atoms with Gasteiger partial charge >= 0.3 is 0 Å². The minimum atomic E-state index is -1.19. The Morgan fingerprint density at radius 1 is 0.688 bits per heavy atom. The van der Waals surface area contributed by atoms with Gasteiger partial charge in [0.25, 0.3) is 0 Å². The Bertz CT molecular complexity index is 362. The molecule has 0 saturated heterocycles. The van der Waals surface area contributed by atoms with Gasteiger partial charge in [-0.3, -0.25) is 0 Å². The van der Waals surface area contributed by atoms with Crippen molar-refractivity contribution in [1.82, 2.24) is 0 Å². The molecule has 0 N–H and O–H groups in total. The first-order valence-electron chi connectivity index (χ1n) is 5.54. The van der Waals surface area contributed by atoms with E-state index in [-0.39, 0.29) is 0 Å². The summed E-state index contributed by atoms with van der Waals surface area (Å²) < 4.78 is 3.02. The lowest BCUT2D eigenvalue weighted by molar-refractivity contribution is 1.59. The Morgan fingerprint density at radius 2 is 0.938 bits per heavy atom. The standard InChI is InChI=1S/C12H20I2Si2/c1-15(2,3)9-7-8-10(16(4,5)6)12(14)11(9)13/h7-8H,1-6H3. The third-order valence-corrected chi connectivity index (χ3v) is 11.1. The molecule has 0 fully saturated rings. The van der Waals surface area contributed by atoms with Gasteiger partial charge in [-0.15, -0.1) is 0 Å². The predicted octanol–water partition coefficient (Wildman–Crippen LogP) is 3.99. The quantitative estimate of drug-likeness (QED) is 0.450. The monoisotopic (exact) mass is 474 g/mol. The molecule has 0 aliphatic rings. The molecular formula is C12H20I2Si2. The molecule has 0 aliphatic carbocycles. The van der Waals surface area contributed by atoms with Crippen LogP contribution in [0.1, 0.15) is 0 Å². The highest BCUT2D eigenvalue weighted by atomic mass is 127. The summed E-state index contributed by atoms with van der Waals surface area (Å²) in [5.41, 5.74) is 0. The maximum absolute atomic E-state index is 2.55. The minimum absolute atomic E-state index is 1.19. The van der Waals surface area contributed by atoms with Crippen molar-refractivity contribution < 1.29 is 0 Å². The van der Waals surface area contributed by atoms with Gasteiger partial charge in [-0.2, -0.15) is 0 Å². The molecular weight excluding hydrogens is 454 g/mol. The molecule has 0 aliphatic heterocycles. The van der Waals surface area contributed by atoms with Crippen LogP contribution in [0.25, 0.3) is 0 Å². The molecule has 0 amide bonds. The number of benzene rings is 1. The molecule has 0 nitrogen and oxygen atoms in total. The third-order valence-electron chi connectivity index (χ3n) is 2.70. The van der Waals surface area contributed by atoms with Crippen molar-refractivity contribution in [2.45, 2.75) is 39.3 Å². The molecule has 0 saturated carbocycles. The van der Waals surface area contributed by atoms with E-state index in [0.29, 0.717) is 0 Å². The first kappa shape index (κ1) is 15.2. The first-order valence-corrected chi connectivity index (χ1v) is 14.7. The van der Waals surface area contributed by atoms with Gasteiger partial charge in [0.2, 0.25) is 0 Å². The summed E-state index contributed by atoms with van der Waals surface area (Å²) in [7, 11) is -2.38. The zero-order chi connectivity index (χ0) is 12.7. The lowest BCUT2D eigenvalue weighted by atomic mass is 10.4. The normalized spacial score (nSPS) is 13.0. The van der Waals surface area contributed by atoms with Crippen LogP contribution in [-0.4, -0.2) is 16.1 Å².